The molecule has 6 heteroatoms. The van der Waals surface area contributed by atoms with Crippen molar-refractivity contribution in [1.82, 2.24) is 15.0 Å². The van der Waals surface area contributed by atoms with Crippen molar-refractivity contribution in [2.75, 3.05) is 0 Å². The van der Waals surface area contributed by atoms with E-state index in [9.17, 15) is 0 Å². The second-order valence-electron chi connectivity index (χ2n) is 15.9. The molecule has 0 saturated carbocycles. The van der Waals surface area contributed by atoms with Gasteiger partial charge in [-0.3, -0.25) is 0 Å². The minimum atomic E-state index is 0.586. The van der Waals surface area contributed by atoms with Crippen LogP contribution in [0.3, 0.4) is 0 Å². The number of hydrogen-bond donors (Lipinski definition) is 0. The predicted molar refractivity (Wildman–Crippen MR) is 265 cm³/mol. The average molecular weight is 840 g/mol. The van der Waals surface area contributed by atoms with E-state index in [1.165, 1.54) is 45.9 Å². The number of rotatable bonds is 6. The Bertz CT molecular complexity index is 3920. The zero-order valence-electron chi connectivity index (χ0n) is 33.6. The largest absolute Gasteiger partial charge is 0.455 e. The van der Waals surface area contributed by atoms with Crippen LogP contribution in [0.25, 0.3) is 130 Å². The molecular weight excluding hydrogens is 807 g/mol. The lowest BCUT2D eigenvalue weighted by atomic mass is 9.93. The number of fused-ring (bicyclic) bond motifs is 9. The third kappa shape index (κ3) is 5.91. The summed E-state index contributed by atoms with van der Waals surface area (Å²) >= 11 is 3.69. The van der Waals surface area contributed by atoms with Crippen LogP contribution < -0.4 is 0 Å². The van der Waals surface area contributed by atoms with Gasteiger partial charge in [0.15, 0.2) is 17.5 Å². The molecule has 13 rings (SSSR count). The van der Waals surface area contributed by atoms with Gasteiger partial charge in [0, 0.05) is 78.9 Å². The standard InChI is InChI=1S/C57H33N3OS2/c1-3-15-34(16-4-1)36-19-11-20-37(31-36)56-58-55(35-17-5-2-6-18-35)59-57(60-56)45-27-14-28-48-51(45)47-33-38(39-23-12-24-42-40-21-7-9-29-49(40)62-53(39)42)32-46(52(47)61-48)44-26-13-25-43-41-22-8-10-30-50(41)63-54(43)44/h1-33H. The maximum atomic E-state index is 7.08. The summed E-state index contributed by atoms with van der Waals surface area (Å²) in [5, 5.41) is 7.04. The summed E-state index contributed by atoms with van der Waals surface area (Å²) in [6, 6.07) is 70.7. The quantitative estimate of drug-likeness (QED) is 0.167. The highest BCUT2D eigenvalue weighted by atomic mass is 32.1. The summed E-state index contributed by atoms with van der Waals surface area (Å²) in [4.78, 5) is 15.7. The molecule has 0 bridgehead atoms. The molecule has 63 heavy (non-hydrogen) atoms. The maximum Gasteiger partial charge on any atom is 0.164 e. The summed E-state index contributed by atoms with van der Waals surface area (Å²) in [5.41, 5.74) is 11.1. The van der Waals surface area contributed by atoms with Gasteiger partial charge in [0.05, 0.1) is 0 Å². The van der Waals surface area contributed by atoms with Gasteiger partial charge in [-0.15, -0.1) is 22.7 Å². The Morgan fingerprint density at radius 2 is 0.841 bits per heavy atom. The first kappa shape index (κ1) is 35.9. The van der Waals surface area contributed by atoms with Crippen LogP contribution in [0.4, 0.5) is 0 Å². The fourth-order valence-corrected chi connectivity index (χ4v) is 11.7. The molecule has 4 aromatic heterocycles. The van der Waals surface area contributed by atoms with E-state index >= 15 is 0 Å². The second-order valence-corrected chi connectivity index (χ2v) is 18.0. The summed E-state index contributed by atoms with van der Waals surface area (Å²) in [5.74, 6) is 1.80. The molecule has 294 valence electrons. The van der Waals surface area contributed by atoms with E-state index in [0.717, 1.165) is 66.4 Å². The molecule has 0 unspecified atom stereocenters. The van der Waals surface area contributed by atoms with E-state index in [1.54, 1.807) is 0 Å². The van der Waals surface area contributed by atoms with Gasteiger partial charge in [-0.2, -0.15) is 0 Å². The topological polar surface area (TPSA) is 51.8 Å². The van der Waals surface area contributed by atoms with Crippen molar-refractivity contribution in [3.63, 3.8) is 0 Å². The van der Waals surface area contributed by atoms with Crippen molar-refractivity contribution in [3.05, 3.63) is 200 Å². The van der Waals surface area contributed by atoms with Gasteiger partial charge in [0.25, 0.3) is 0 Å². The van der Waals surface area contributed by atoms with Gasteiger partial charge in [-0.25, -0.2) is 15.0 Å². The van der Waals surface area contributed by atoms with Gasteiger partial charge in [-0.05, 0) is 58.7 Å². The molecule has 4 heterocycles. The predicted octanol–water partition coefficient (Wildman–Crippen LogP) is 16.5. The van der Waals surface area contributed by atoms with E-state index in [4.69, 9.17) is 19.4 Å². The molecule has 0 amide bonds. The third-order valence-corrected chi connectivity index (χ3v) is 14.6. The minimum absolute atomic E-state index is 0.586. The van der Waals surface area contributed by atoms with Crippen molar-refractivity contribution in [2.24, 2.45) is 0 Å². The lowest BCUT2D eigenvalue weighted by Gasteiger charge is -2.11. The van der Waals surface area contributed by atoms with E-state index < -0.39 is 0 Å². The van der Waals surface area contributed by atoms with Gasteiger partial charge >= 0.3 is 0 Å². The lowest BCUT2D eigenvalue weighted by Crippen LogP contribution is -2.00. The number of nitrogens with zero attached hydrogens (tertiary/aromatic N) is 3. The maximum absolute atomic E-state index is 7.08. The zero-order valence-corrected chi connectivity index (χ0v) is 35.3. The van der Waals surface area contributed by atoms with Crippen LogP contribution in [0, 0.1) is 0 Å². The molecule has 0 atom stereocenters. The molecule has 13 aromatic rings. The average Bonchev–Trinajstić information content (AvgIpc) is 4.06. The van der Waals surface area contributed by atoms with Crippen molar-refractivity contribution < 1.29 is 4.42 Å². The Morgan fingerprint density at radius 3 is 1.57 bits per heavy atom. The van der Waals surface area contributed by atoms with E-state index in [2.05, 4.69) is 170 Å². The monoisotopic (exact) mass is 839 g/mol. The van der Waals surface area contributed by atoms with Crippen LogP contribution in [-0.2, 0) is 0 Å². The molecule has 9 aromatic carbocycles. The second kappa shape index (κ2) is 14.4. The van der Waals surface area contributed by atoms with Crippen molar-refractivity contribution in [2.45, 2.75) is 0 Å². The zero-order chi connectivity index (χ0) is 41.4. The van der Waals surface area contributed by atoms with Crippen molar-refractivity contribution >= 4 is 85.0 Å². The van der Waals surface area contributed by atoms with Crippen LogP contribution >= 0.6 is 22.7 Å². The molecule has 0 fully saturated rings. The molecule has 0 aliphatic heterocycles. The van der Waals surface area contributed by atoms with Crippen LogP contribution in [0.1, 0.15) is 0 Å². The number of furan rings is 1. The van der Waals surface area contributed by atoms with Gasteiger partial charge in [0.2, 0.25) is 0 Å². The Hall–Kier alpha value is -7.77. The SMILES string of the molecule is c1ccc(-c2cccc(-c3nc(-c4ccccc4)nc(-c4cccc5oc6c(-c7cccc8c7sc7ccccc78)cc(-c7cccc8c7sc7ccccc78)cc6c45)n3)c2)cc1. The number of thiophene rings is 2. The highest BCUT2D eigenvalue weighted by molar-refractivity contribution is 7.26. The first-order chi connectivity index (χ1) is 31.2. The van der Waals surface area contributed by atoms with E-state index in [1.807, 2.05) is 53.0 Å². The highest BCUT2D eigenvalue weighted by Gasteiger charge is 2.23. The summed E-state index contributed by atoms with van der Waals surface area (Å²) < 4.78 is 12.1. The van der Waals surface area contributed by atoms with Crippen molar-refractivity contribution in [1.29, 1.82) is 0 Å². The normalized spacial score (nSPS) is 11.8. The van der Waals surface area contributed by atoms with Gasteiger partial charge in [-0.1, -0.05) is 164 Å². The molecule has 0 spiro atoms. The van der Waals surface area contributed by atoms with Crippen molar-refractivity contribution in [3.8, 4) is 67.5 Å². The number of hydrogen-bond acceptors (Lipinski definition) is 6. The molecule has 0 N–H and O–H groups in total. The first-order valence-electron chi connectivity index (χ1n) is 21.0. The highest BCUT2D eigenvalue weighted by Crippen LogP contribution is 2.48. The van der Waals surface area contributed by atoms with Crippen LogP contribution in [0.5, 0.6) is 0 Å². The van der Waals surface area contributed by atoms with Crippen LogP contribution in [0.2, 0.25) is 0 Å². The van der Waals surface area contributed by atoms with E-state index in [0.29, 0.717) is 17.5 Å². The Balaban J connectivity index is 1.10. The summed E-state index contributed by atoms with van der Waals surface area (Å²) in [7, 11) is 0. The number of aromatic nitrogens is 3. The summed E-state index contributed by atoms with van der Waals surface area (Å²) in [6.07, 6.45) is 0. The Kier molecular flexibility index (Phi) is 8.22. The molecule has 0 aliphatic rings. The molecule has 0 radical (unpaired) electrons. The van der Waals surface area contributed by atoms with Crippen LogP contribution in [-0.4, -0.2) is 15.0 Å². The summed E-state index contributed by atoms with van der Waals surface area (Å²) in [6.45, 7) is 0. The van der Waals surface area contributed by atoms with Gasteiger partial charge in [0.1, 0.15) is 11.2 Å². The molecular formula is C57H33N3OS2. The Labute approximate surface area is 370 Å². The third-order valence-electron chi connectivity index (χ3n) is 12.1. The fourth-order valence-electron chi connectivity index (χ4n) is 9.21. The minimum Gasteiger partial charge on any atom is -0.455 e. The molecule has 4 nitrogen and oxygen atoms in total. The molecule has 0 saturated heterocycles. The smallest absolute Gasteiger partial charge is 0.164 e. The van der Waals surface area contributed by atoms with E-state index in [-0.39, 0.29) is 0 Å². The fraction of sp³-hybridized carbons (Fsp3) is 0. The molecule has 0 aliphatic carbocycles. The first-order valence-corrected chi connectivity index (χ1v) is 22.6. The van der Waals surface area contributed by atoms with Gasteiger partial charge < -0.3 is 4.42 Å². The lowest BCUT2D eigenvalue weighted by molar-refractivity contribution is 0.670. The van der Waals surface area contributed by atoms with Crippen LogP contribution in [0.15, 0.2) is 205 Å². The Morgan fingerprint density at radius 1 is 0.317 bits per heavy atom. The number of benzene rings is 9.